The molecule has 1 aromatic carbocycles. The van der Waals surface area contributed by atoms with Crippen molar-refractivity contribution in [2.45, 2.75) is 26.4 Å². The summed E-state index contributed by atoms with van der Waals surface area (Å²) in [6.45, 7) is 3.71. The first-order chi connectivity index (χ1) is 12.6. The van der Waals surface area contributed by atoms with E-state index in [1.54, 1.807) is 25.4 Å². The third-order valence-corrected chi connectivity index (χ3v) is 4.86. The van der Waals surface area contributed by atoms with E-state index in [-0.39, 0.29) is 11.4 Å². The van der Waals surface area contributed by atoms with Crippen LogP contribution in [0.1, 0.15) is 22.4 Å². The van der Waals surface area contributed by atoms with Crippen LogP contribution < -0.4 is 5.56 Å². The van der Waals surface area contributed by atoms with Gasteiger partial charge >= 0.3 is 0 Å². The van der Waals surface area contributed by atoms with Crippen molar-refractivity contribution in [2.75, 3.05) is 6.54 Å². The average molecular weight is 350 g/mol. The highest BCUT2D eigenvalue weighted by molar-refractivity contribution is 5.53. The minimum atomic E-state index is -0.194. The first-order valence-corrected chi connectivity index (χ1v) is 8.60. The van der Waals surface area contributed by atoms with Crippen LogP contribution in [0.2, 0.25) is 0 Å². The second-order valence-electron chi connectivity index (χ2n) is 6.57. The van der Waals surface area contributed by atoms with Gasteiger partial charge < -0.3 is 4.98 Å². The molecule has 5 nitrogen and oxygen atoms in total. The van der Waals surface area contributed by atoms with Gasteiger partial charge in [0.2, 0.25) is 0 Å². The number of nitrogens with zero attached hydrogens (tertiary/aromatic N) is 3. The highest BCUT2D eigenvalue weighted by atomic mass is 19.1. The number of fused-ring (bicyclic) bond motifs is 1. The Labute approximate surface area is 150 Å². The lowest BCUT2D eigenvalue weighted by Gasteiger charge is -2.28. The quantitative estimate of drug-likeness (QED) is 0.789. The zero-order chi connectivity index (χ0) is 18.1. The standard InChI is InChI=1S/C20H19FN4O/c1-13-15(4-2-6-17(13)21)11-25-9-7-18-16(12-25)20(26)24-19(23-18)14-5-3-8-22-10-14/h2-6,8,10H,7,9,11-12H2,1H3,(H,23,24,26). The van der Waals surface area contributed by atoms with E-state index in [0.717, 1.165) is 23.4 Å². The highest BCUT2D eigenvalue weighted by Gasteiger charge is 2.22. The Balaban J connectivity index is 1.60. The van der Waals surface area contributed by atoms with Gasteiger partial charge in [0, 0.05) is 44.0 Å². The van der Waals surface area contributed by atoms with E-state index in [2.05, 4.69) is 19.9 Å². The molecule has 3 aromatic rings. The van der Waals surface area contributed by atoms with Gasteiger partial charge in [-0.05, 0) is 36.2 Å². The topological polar surface area (TPSA) is 61.9 Å². The van der Waals surface area contributed by atoms with Crippen molar-refractivity contribution in [3.05, 3.63) is 81.3 Å². The lowest BCUT2D eigenvalue weighted by atomic mass is 10.0. The normalized spacial score (nSPS) is 14.2. The number of aromatic nitrogens is 3. The molecule has 3 heterocycles. The number of rotatable bonds is 3. The molecule has 4 rings (SSSR count). The first-order valence-electron chi connectivity index (χ1n) is 8.60. The maximum atomic E-state index is 13.8. The van der Waals surface area contributed by atoms with Gasteiger partial charge in [-0.2, -0.15) is 0 Å². The van der Waals surface area contributed by atoms with Crippen LogP contribution in [0.3, 0.4) is 0 Å². The fraction of sp³-hybridized carbons (Fsp3) is 0.250. The predicted molar refractivity (Wildman–Crippen MR) is 97.0 cm³/mol. The largest absolute Gasteiger partial charge is 0.306 e. The number of aromatic amines is 1. The molecular weight excluding hydrogens is 331 g/mol. The molecule has 0 saturated heterocycles. The van der Waals surface area contributed by atoms with Gasteiger partial charge in [-0.25, -0.2) is 9.37 Å². The summed E-state index contributed by atoms with van der Waals surface area (Å²) in [4.78, 5) is 26.3. The summed E-state index contributed by atoms with van der Waals surface area (Å²) in [7, 11) is 0. The van der Waals surface area contributed by atoms with Crippen LogP contribution in [-0.4, -0.2) is 26.4 Å². The number of H-pyrrole nitrogens is 1. The number of hydrogen-bond donors (Lipinski definition) is 1. The average Bonchev–Trinajstić information content (AvgIpc) is 2.66. The third kappa shape index (κ3) is 3.15. The van der Waals surface area contributed by atoms with Gasteiger partial charge in [-0.1, -0.05) is 12.1 Å². The van der Waals surface area contributed by atoms with Crippen molar-refractivity contribution >= 4 is 0 Å². The van der Waals surface area contributed by atoms with Crippen LogP contribution in [0.4, 0.5) is 4.39 Å². The monoisotopic (exact) mass is 350 g/mol. The van der Waals surface area contributed by atoms with Crippen molar-refractivity contribution in [1.29, 1.82) is 0 Å². The molecule has 1 N–H and O–H groups in total. The van der Waals surface area contributed by atoms with Crippen LogP contribution >= 0.6 is 0 Å². The molecule has 1 aliphatic heterocycles. The molecule has 0 radical (unpaired) electrons. The van der Waals surface area contributed by atoms with Crippen LogP contribution in [-0.2, 0) is 19.5 Å². The Morgan fingerprint density at radius 3 is 2.96 bits per heavy atom. The number of hydrogen-bond acceptors (Lipinski definition) is 4. The predicted octanol–water partition coefficient (Wildman–Crippen LogP) is 2.84. The van der Waals surface area contributed by atoms with E-state index in [1.165, 1.54) is 6.07 Å². The summed E-state index contributed by atoms with van der Waals surface area (Å²) in [5, 5.41) is 0. The second-order valence-corrected chi connectivity index (χ2v) is 6.57. The smallest absolute Gasteiger partial charge is 0.255 e. The van der Waals surface area contributed by atoms with E-state index in [9.17, 15) is 9.18 Å². The summed E-state index contributed by atoms with van der Waals surface area (Å²) < 4.78 is 13.8. The Morgan fingerprint density at radius 2 is 2.15 bits per heavy atom. The molecule has 2 aromatic heterocycles. The van der Waals surface area contributed by atoms with E-state index in [1.807, 2.05) is 18.2 Å². The molecule has 0 atom stereocenters. The van der Waals surface area contributed by atoms with Crippen molar-refractivity contribution in [3.63, 3.8) is 0 Å². The lowest BCUT2D eigenvalue weighted by molar-refractivity contribution is 0.241. The summed E-state index contributed by atoms with van der Waals surface area (Å²) >= 11 is 0. The van der Waals surface area contributed by atoms with Gasteiger partial charge in [-0.15, -0.1) is 0 Å². The van der Waals surface area contributed by atoms with Gasteiger partial charge in [0.1, 0.15) is 11.6 Å². The molecule has 0 fully saturated rings. The molecule has 0 aliphatic carbocycles. The molecule has 0 unspecified atom stereocenters. The fourth-order valence-electron chi connectivity index (χ4n) is 3.32. The first kappa shape index (κ1) is 16.6. The lowest BCUT2D eigenvalue weighted by Crippen LogP contribution is -2.35. The molecular formula is C20H19FN4O. The molecule has 0 saturated carbocycles. The Bertz CT molecular complexity index is 1000. The van der Waals surface area contributed by atoms with Crippen molar-refractivity contribution in [3.8, 4) is 11.4 Å². The second kappa shape index (κ2) is 6.80. The summed E-state index contributed by atoms with van der Waals surface area (Å²) in [6, 6.07) is 8.82. The molecule has 6 heteroatoms. The summed E-state index contributed by atoms with van der Waals surface area (Å²) in [5.41, 5.74) is 3.82. The zero-order valence-electron chi connectivity index (χ0n) is 14.5. The van der Waals surface area contributed by atoms with Crippen molar-refractivity contribution in [2.24, 2.45) is 0 Å². The molecule has 0 amide bonds. The maximum absolute atomic E-state index is 13.8. The highest BCUT2D eigenvalue weighted by Crippen LogP contribution is 2.21. The Morgan fingerprint density at radius 1 is 1.27 bits per heavy atom. The Kier molecular flexibility index (Phi) is 4.34. The number of pyridine rings is 1. The minimum absolute atomic E-state index is 0.116. The summed E-state index contributed by atoms with van der Waals surface area (Å²) in [5.74, 6) is 0.358. The van der Waals surface area contributed by atoms with Crippen LogP contribution in [0, 0.1) is 12.7 Å². The summed E-state index contributed by atoms with van der Waals surface area (Å²) in [6.07, 6.45) is 4.07. The molecule has 1 aliphatic rings. The van der Waals surface area contributed by atoms with Crippen LogP contribution in [0.5, 0.6) is 0 Å². The minimum Gasteiger partial charge on any atom is -0.306 e. The van der Waals surface area contributed by atoms with E-state index in [4.69, 9.17) is 0 Å². The van der Waals surface area contributed by atoms with Crippen molar-refractivity contribution < 1.29 is 4.39 Å². The van der Waals surface area contributed by atoms with E-state index >= 15 is 0 Å². The fourth-order valence-corrected chi connectivity index (χ4v) is 3.32. The van der Waals surface area contributed by atoms with Crippen LogP contribution in [0.15, 0.2) is 47.5 Å². The van der Waals surface area contributed by atoms with Crippen LogP contribution in [0.25, 0.3) is 11.4 Å². The molecule has 132 valence electrons. The SMILES string of the molecule is Cc1c(F)cccc1CN1CCc2nc(-c3cccnc3)[nH]c(=O)c2C1. The molecule has 0 spiro atoms. The zero-order valence-corrected chi connectivity index (χ0v) is 14.5. The molecule has 26 heavy (non-hydrogen) atoms. The van der Waals surface area contributed by atoms with Gasteiger partial charge in [0.15, 0.2) is 0 Å². The number of nitrogens with one attached hydrogen (secondary N) is 1. The Hall–Kier alpha value is -2.86. The third-order valence-electron chi connectivity index (χ3n) is 4.86. The maximum Gasteiger partial charge on any atom is 0.255 e. The molecule has 0 bridgehead atoms. The van der Waals surface area contributed by atoms with Gasteiger partial charge in [-0.3, -0.25) is 14.7 Å². The van der Waals surface area contributed by atoms with Crippen molar-refractivity contribution in [1.82, 2.24) is 19.9 Å². The van der Waals surface area contributed by atoms with E-state index in [0.29, 0.717) is 36.5 Å². The number of benzene rings is 1. The number of halogens is 1. The van der Waals surface area contributed by atoms with Gasteiger partial charge in [0.05, 0.1) is 11.3 Å². The van der Waals surface area contributed by atoms with Gasteiger partial charge in [0.25, 0.3) is 5.56 Å². The van der Waals surface area contributed by atoms with E-state index < -0.39 is 0 Å².